The van der Waals surface area contributed by atoms with Gasteiger partial charge in [0.15, 0.2) is 0 Å². The van der Waals surface area contributed by atoms with Crippen molar-refractivity contribution in [2.75, 3.05) is 11.8 Å². The molecule has 0 unspecified atom stereocenters. The maximum Gasteiger partial charge on any atom is 0.251 e. The van der Waals surface area contributed by atoms with Crippen LogP contribution in [0.2, 0.25) is 0 Å². The summed E-state index contributed by atoms with van der Waals surface area (Å²) in [5.74, 6) is 0.955. The van der Waals surface area contributed by atoms with Crippen molar-refractivity contribution in [3.8, 4) is 0 Å². The van der Waals surface area contributed by atoms with Crippen molar-refractivity contribution in [3.63, 3.8) is 0 Å². The third-order valence-electron chi connectivity index (χ3n) is 8.07. The van der Waals surface area contributed by atoms with Gasteiger partial charge in [-0.3, -0.25) is 9.59 Å². The van der Waals surface area contributed by atoms with Crippen molar-refractivity contribution in [1.82, 2.24) is 20.6 Å². The minimum atomic E-state index is -0.0348. The highest BCUT2D eigenvalue weighted by Gasteiger charge is 2.25. The lowest BCUT2D eigenvalue weighted by atomic mass is 10.00. The van der Waals surface area contributed by atoms with E-state index in [2.05, 4.69) is 48.3 Å². The third-order valence-corrected chi connectivity index (χ3v) is 8.45. The highest BCUT2D eigenvalue weighted by atomic mass is 35.5. The molecule has 2 aliphatic rings. The molecule has 0 radical (unpaired) electrons. The molecule has 4 rings (SSSR count). The number of H-pyrrole nitrogens is 2. The summed E-state index contributed by atoms with van der Waals surface area (Å²) in [5.41, 5.74) is 14.2. The van der Waals surface area contributed by atoms with E-state index in [1.54, 1.807) is 0 Å². The minimum Gasteiger partial charge on any atom is -0.358 e. The van der Waals surface area contributed by atoms with Crippen LogP contribution >= 0.6 is 23.2 Å². The number of nitrogens with one attached hydrogen (secondary N) is 4. The van der Waals surface area contributed by atoms with Crippen LogP contribution in [0.25, 0.3) is 12.2 Å². The Labute approximate surface area is 241 Å². The van der Waals surface area contributed by atoms with Crippen LogP contribution in [0.4, 0.5) is 0 Å². The van der Waals surface area contributed by atoms with E-state index in [1.807, 2.05) is 26.0 Å². The van der Waals surface area contributed by atoms with Gasteiger partial charge in [-0.25, -0.2) is 0 Å². The first kappa shape index (κ1) is 29.0. The molecule has 208 valence electrons. The first-order valence-corrected chi connectivity index (χ1v) is 14.7. The topological polar surface area (TPSA) is 89.8 Å². The molecule has 39 heavy (non-hydrogen) atoms. The fraction of sp³-hybridized carbons (Fsp3) is 0.419. The van der Waals surface area contributed by atoms with Crippen LogP contribution in [-0.2, 0) is 28.9 Å². The summed E-state index contributed by atoms with van der Waals surface area (Å²) in [5, 5.41) is 6.03. The molecule has 4 heterocycles. The lowest BCUT2D eigenvalue weighted by molar-refractivity contribution is -0.117. The number of alkyl halides is 2. The fourth-order valence-corrected chi connectivity index (χ4v) is 6.16. The third kappa shape index (κ3) is 5.55. The predicted octanol–water partition coefficient (Wildman–Crippen LogP) is 6.51. The average Bonchev–Trinajstić information content (AvgIpc) is 3.54. The zero-order valence-electron chi connectivity index (χ0n) is 23.7. The second-order valence-electron chi connectivity index (χ2n) is 10.2. The number of carbonyl (C=O) groups is 2. The smallest absolute Gasteiger partial charge is 0.251 e. The number of amides is 2. The molecule has 0 saturated heterocycles. The molecule has 2 amide bonds. The number of hydrogen-bond acceptors (Lipinski definition) is 2. The van der Waals surface area contributed by atoms with Gasteiger partial charge in [-0.2, -0.15) is 0 Å². The quantitative estimate of drug-likeness (QED) is 0.246. The molecule has 2 aliphatic heterocycles. The van der Waals surface area contributed by atoms with Crippen LogP contribution in [0.15, 0.2) is 33.7 Å². The zero-order valence-corrected chi connectivity index (χ0v) is 25.2. The van der Waals surface area contributed by atoms with Crippen LogP contribution in [-0.4, -0.2) is 33.5 Å². The summed E-state index contributed by atoms with van der Waals surface area (Å²) in [7, 11) is 0. The van der Waals surface area contributed by atoms with Crippen molar-refractivity contribution in [3.05, 3.63) is 78.7 Å². The van der Waals surface area contributed by atoms with E-state index in [9.17, 15) is 9.59 Å². The number of aromatic nitrogens is 2. The van der Waals surface area contributed by atoms with E-state index < -0.39 is 0 Å². The van der Waals surface area contributed by atoms with Gasteiger partial charge in [0, 0.05) is 63.5 Å². The van der Waals surface area contributed by atoms with Gasteiger partial charge in [0.1, 0.15) is 0 Å². The van der Waals surface area contributed by atoms with Gasteiger partial charge in [-0.1, -0.05) is 13.8 Å². The highest BCUT2D eigenvalue weighted by molar-refractivity contribution is 6.18. The van der Waals surface area contributed by atoms with Crippen LogP contribution < -0.4 is 10.6 Å². The SMILES string of the molecule is CCC1=C(C)C(=O)N/C1=C\c1[nH]c(Cc2[nH]c(/C=C3\NC(=O)C(C)=C3CC)c(C)c2CCCl)c(CCCl)c1C. The molecule has 0 saturated carbocycles. The Kier molecular flexibility index (Phi) is 8.97. The van der Waals surface area contributed by atoms with E-state index in [-0.39, 0.29) is 11.8 Å². The first-order chi connectivity index (χ1) is 18.6. The van der Waals surface area contributed by atoms with E-state index in [0.29, 0.717) is 18.2 Å². The van der Waals surface area contributed by atoms with Gasteiger partial charge in [0.05, 0.1) is 0 Å². The fourth-order valence-electron chi connectivity index (χ4n) is 5.78. The number of hydrogen-bond donors (Lipinski definition) is 4. The van der Waals surface area contributed by atoms with Gasteiger partial charge in [-0.15, -0.1) is 23.2 Å². The van der Waals surface area contributed by atoms with Gasteiger partial charge < -0.3 is 20.6 Å². The van der Waals surface area contributed by atoms with E-state index in [4.69, 9.17) is 23.2 Å². The summed E-state index contributed by atoms with van der Waals surface area (Å²) >= 11 is 12.5. The molecule has 8 heteroatoms. The summed E-state index contributed by atoms with van der Waals surface area (Å²) in [6, 6.07) is 0. The van der Waals surface area contributed by atoms with Crippen LogP contribution in [0.5, 0.6) is 0 Å². The normalized spacial score (nSPS) is 17.8. The van der Waals surface area contributed by atoms with Crippen molar-refractivity contribution in [1.29, 1.82) is 0 Å². The Hall–Kier alpha value is -2.96. The Balaban J connectivity index is 1.75. The molecule has 6 nitrogen and oxygen atoms in total. The number of halogens is 2. The molecule has 0 aliphatic carbocycles. The maximum atomic E-state index is 12.3. The monoisotopic (exact) mass is 568 g/mol. The zero-order chi connectivity index (χ0) is 28.4. The van der Waals surface area contributed by atoms with Crippen molar-refractivity contribution in [2.45, 2.75) is 73.6 Å². The molecule has 0 spiro atoms. The average molecular weight is 570 g/mol. The molecule has 0 bridgehead atoms. The Morgan fingerprint density at radius 2 is 1.05 bits per heavy atom. The highest BCUT2D eigenvalue weighted by Crippen LogP contribution is 2.32. The Bertz CT molecular complexity index is 1340. The second kappa shape index (κ2) is 12.1. The summed E-state index contributed by atoms with van der Waals surface area (Å²) in [6.45, 7) is 12.1. The van der Waals surface area contributed by atoms with Gasteiger partial charge >= 0.3 is 0 Å². The van der Waals surface area contributed by atoms with Gasteiger partial charge in [0.2, 0.25) is 0 Å². The summed E-state index contributed by atoms with van der Waals surface area (Å²) in [4.78, 5) is 31.9. The predicted molar refractivity (Wildman–Crippen MR) is 161 cm³/mol. The molecular formula is C31H38Cl2N4O2. The molecule has 0 atom stereocenters. The number of allylic oxidation sites excluding steroid dienone is 2. The van der Waals surface area contributed by atoms with E-state index in [1.165, 1.54) is 11.1 Å². The molecule has 0 aromatic carbocycles. The number of carbonyl (C=O) groups excluding carboxylic acids is 2. The second-order valence-corrected chi connectivity index (χ2v) is 11.0. The summed E-state index contributed by atoms with van der Waals surface area (Å²) < 4.78 is 0. The number of aromatic amines is 2. The van der Waals surface area contributed by atoms with Crippen LogP contribution in [0, 0.1) is 13.8 Å². The van der Waals surface area contributed by atoms with Gasteiger partial charge in [-0.05, 0) is 98.9 Å². The summed E-state index contributed by atoms with van der Waals surface area (Å²) in [6.07, 6.45) is 7.80. The van der Waals surface area contributed by atoms with Crippen molar-refractivity contribution < 1.29 is 9.59 Å². The van der Waals surface area contributed by atoms with Crippen molar-refractivity contribution >= 4 is 47.2 Å². The van der Waals surface area contributed by atoms with Crippen LogP contribution in [0.3, 0.4) is 0 Å². The Morgan fingerprint density at radius 3 is 1.38 bits per heavy atom. The van der Waals surface area contributed by atoms with Gasteiger partial charge in [0.25, 0.3) is 11.8 Å². The molecule has 4 N–H and O–H groups in total. The minimum absolute atomic E-state index is 0.0348. The molecule has 2 aromatic heterocycles. The molecule has 2 aromatic rings. The Morgan fingerprint density at radius 1 is 0.667 bits per heavy atom. The number of rotatable bonds is 10. The van der Waals surface area contributed by atoms with E-state index in [0.717, 1.165) is 93.3 Å². The first-order valence-electron chi connectivity index (χ1n) is 13.6. The lowest BCUT2D eigenvalue weighted by Gasteiger charge is -2.06. The molecule has 0 fully saturated rings. The maximum absolute atomic E-state index is 12.3. The lowest BCUT2D eigenvalue weighted by Crippen LogP contribution is -2.15. The van der Waals surface area contributed by atoms with E-state index >= 15 is 0 Å². The van der Waals surface area contributed by atoms with Crippen molar-refractivity contribution in [2.24, 2.45) is 0 Å². The standard InChI is InChI=1S/C31H38Cl2N4O2/c1-7-20-18(5)30(38)36-26(20)13-24-16(3)22(9-11-32)28(34-24)15-29-23(10-12-33)17(4)25(35-29)14-27-21(8-2)19(6)31(39)37-27/h13-14,34-35H,7-12,15H2,1-6H3,(H,36,38)(H,37,39)/b26-13-,27-14-. The largest absolute Gasteiger partial charge is 0.358 e. The van der Waals surface area contributed by atoms with Crippen LogP contribution in [0.1, 0.15) is 85.6 Å². The molecular weight excluding hydrogens is 531 g/mol.